The molecule has 3 rings (SSSR count). The van der Waals surface area contributed by atoms with Crippen molar-refractivity contribution < 1.29 is 4.74 Å². The Balaban J connectivity index is 0.000000138. The van der Waals surface area contributed by atoms with Gasteiger partial charge in [0.2, 0.25) is 0 Å². The van der Waals surface area contributed by atoms with Gasteiger partial charge in [-0.3, -0.25) is 0 Å². The van der Waals surface area contributed by atoms with Crippen LogP contribution in [0.25, 0.3) is 6.08 Å². The summed E-state index contributed by atoms with van der Waals surface area (Å²) in [7, 11) is 0. The standard InChI is InChI=1S/C9H8O.C4H10N2/c1-2-6-9-8(4-1)5-3-7-10-9;1-2-6-4-3-5-1/h1-6H,7H2;5-6H,1-4H2. The molecule has 2 N–H and O–H groups in total. The van der Waals surface area contributed by atoms with E-state index in [1.807, 2.05) is 30.3 Å². The molecule has 0 unspecified atom stereocenters. The number of rotatable bonds is 0. The molecule has 0 spiro atoms. The van der Waals surface area contributed by atoms with Crippen molar-refractivity contribution in [2.24, 2.45) is 0 Å². The van der Waals surface area contributed by atoms with Crippen LogP contribution in [-0.4, -0.2) is 32.8 Å². The van der Waals surface area contributed by atoms with Gasteiger partial charge >= 0.3 is 0 Å². The zero-order valence-corrected chi connectivity index (χ0v) is 9.41. The van der Waals surface area contributed by atoms with Gasteiger partial charge in [-0.1, -0.05) is 24.3 Å². The summed E-state index contributed by atoms with van der Waals surface area (Å²) in [6.07, 6.45) is 4.10. The minimum atomic E-state index is 0.705. The van der Waals surface area contributed by atoms with Crippen molar-refractivity contribution in [3.63, 3.8) is 0 Å². The van der Waals surface area contributed by atoms with E-state index in [0.29, 0.717) is 6.61 Å². The number of hydrogen-bond acceptors (Lipinski definition) is 3. The molecule has 3 nitrogen and oxygen atoms in total. The lowest BCUT2D eigenvalue weighted by molar-refractivity contribution is 0.358. The fraction of sp³-hybridized carbons (Fsp3) is 0.385. The number of ether oxygens (including phenoxy) is 1. The van der Waals surface area contributed by atoms with Crippen molar-refractivity contribution in [2.45, 2.75) is 0 Å². The van der Waals surface area contributed by atoms with Crippen LogP contribution in [0.2, 0.25) is 0 Å². The number of nitrogens with one attached hydrogen (secondary N) is 2. The summed E-state index contributed by atoms with van der Waals surface area (Å²) in [5.74, 6) is 0.991. The Morgan fingerprint density at radius 1 is 0.938 bits per heavy atom. The third kappa shape index (κ3) is 3.36. The van der Waals surface area contributed by atoms with E-state index in [9.17, 15) is 0 Å². The molecular formula is C13H18N2O. The van der Waals surface area contributed by atoms with Crippen LogP contribution in [0.15, 0.2) is 30.3 Å². The van der Waals surface area contributed by atoms with Crippen molar-refractivity contribution in [3.8, 4) is 5.75 Å². The highest BCUT2D eigenvalue weighted by Gasteiger charge is 2.01. The van der Waals surface area contributed by atoms with E-state index in [-0.39, 0.29) is 0 Å². The van der Waals surface area contributed by atoms with Crippen molar-refractivity contribution in [1.82, 2.24) is 10.6 Å². The third-order valence-electron chi connectivity index (χ3n) is 2.51. The molecule has 86 valence electrons. The lowest BCUT2D eigenvalue weighted by Crippen LogP contribution is -2.39. The van der Waals surface area contributed by atoms with E-state index in [0.717, 1.165) is 31.9 Å². The normalized spacial score (nSPS) is 17.8. The molecule has 3 heteroatoms. The molecule has 1 aromatic rings. The van der Waals surface area contributed by atoms with Crippen LogP contribution in [0.1, 0.15) is 5.56 Å². The topological polar surface area (TPSA) is 33.3 Å². The van der Waals surface area contributed by atoms with Crippen LogP contribution in [0, 0.1) is 0 Å². The largest absolute Gasteiger partial charge is 0.489 e. The zero-order chi connectivity index (χ0) is 11.1. The van der Waals surface area contributed by atoms with Gasteiger partial charge in [0.25, 0.3) is 0 Å². The second-order valence-electron chi connectivity index (χ2n) is 3.75. The van der Waals surface area contributed by atoms with Crippen molar-refractivity contribution >= 4 is 6.08 Å². The van der Waals surface area contributed by atoms with Gasteiger partial charge < -0.3 is 15.4 Å². The van der Waals surface area contributed by atoms with Crippen LogP contribution in [0.4, 0.5) is 0 Å². The fourth-order valence-electron chi connectivity index (χ4n) is 1.67. The maximum Gasteiger partial charge on any atom is 0.126 e. The summed E-state index contributed by atoms with van der Waals surface area (Å²) >= 11 is 0. The van der Waals surface area contributed by atoms with Gasteiger partial charge in [-0.15, -0.1) is 0 Å². The van der Waals surface area contributed by atoms with E-state index in [1.54, 1.807) is 0 Å². The molecule has 2 aliphatic rings. The summed E-state index contributed by atoms with van der Waals surface area (Å²) in [6.45, 7) is 5.26. The smallest absolute Gasteiger partial charge is 0.126 e. The van der Waals surface area contributed by atoms with Gasteiger partial charge in [0, 0.05) is 31.7 Å². The van der Waals surface area contributed by atoms with E-state index < -0.39 is 0 Å². The molecule has 0 saturated carbocycles. The molecule has 0 aliphatic carbocycles. The van der Waals surface area contributed by atoms with Gasteiger partial charge in [-0.25, -0.2) is 0 Å². The molecule has 0 atom stereocenters. The molecule has 16 heavy (non-hydrogen) atoms. The maximum atomic E-state index is 5.34. The minimum absolute atomic E-state index is 0.705. The lowest BCUT2D eigenvalue weighted by atomic mass is 10.1. The van der Waals surface area contributed by atoms with Crippen molar-refractivity contribution in [1.29, 1.82) is 0 Å². The van der Waals surface area contributed by atoms with Gasteiger partial charge in [-0.2, -0.15) is 0 Å². The van der Waals surface area contributed by atoms with E-state index in [1.165, 1.54) is 5.56 Å². The van der Waals surface area contributed by atoms with Crippen LogP contribution in [-0.2, 0) is 0 Å². The monoisotopic (exact) mass is 218 g/mol. The van der Waals surface area contributed by atoms with Gasteiger partial charge in [-0.05, 0) is 12.1 Å². The van der Waals surface area contributed by atoms with Crippen LogP contribution in [0.5, 0.6) is 5.75 Å². The number of piperazine rings is 1. The Morgan fingerprint density at radius 3 is 2.25 bits per heavy atom. The molecule has 1 aromatic carbocycles. The second kappa shape index (κ2) is 6.30. The highest BCUT2D eigenvalue weighted by Crippen LogP contribution is 2.21. The predicted molar refractivity (Wildman–Crippen MR) is 66.7 cm³/mol. The Labute approximate surface area is 96.5 Å². The molecule has 0 aromatic heterocycles. The first-order chi connectivity index (χ1) is 7.97. The fourth-order valence-corrected chi connectivity index (χ4v) is 1.67. The molecule has 0 bridgehead atoms. The van der Waals surface area contributed by atoms with Gasteiger partial charge in [0.15, 0.2) is 0 Å². The summed E-state index contributed by atoms with van der Waals surface area (Å²) in [5, 5.41) is 6.44. The average Bonchev–Trinajstić information content (AvgIpc) is 2.42. The number of hydrogen-bond donors (Lipinski definition) is 2. The molecule has 2 aliphatic heterocycles. The summed E-state index contributed by atoms with van der Waals surface area (Å²) in [4.78, 5) is 0. The van der Waals surface area contributed by atoms with E-state index >= 15 is 0 Å². The van der Waals surface area contributed by atoms with Crippen LogP contribution >= 0.6 is 0 Å². The maximum absolute atomic E-state index is 5.34. The highest BCUT2D eigenvalue weighted by molar-refractivity contribution is 5.58. The number of fused-ring (bicyclic) bond motifs is 1. The van der Waals surface area contributed by atoms with Crippen LogP contribution in [0.3, 0.4) is 0 Å². The first-order valence-corrected chi connectivity index (χ1v) is 5.76. The summed E-state index contributed by atoms with van der Waals surface area (Å²) in [6, 6.07) is 8.03. The first-order valence-electron chi connectivity index (χ1n) is 5.76. The predicted octanol–water partition coefficient (Wildman–Crippen LogP) is 1.27. The molecule has 0 amide bonds. The van der Waals surface area contributed by atoms with Crippen molar-refractivity contribution in [2.75, 3.05) is 32.8 Å². The molecule has 0 radical (unpaired) electrons. The first kappa shape index (κ1) is 11.2. The molecular weight excluding hydrogens is 200 g/mol. The Bertz CT molecular complexity index is 334. The highest BCUT2D eigenvalue weighted by atomic mass is 16.5. The second-order valence-corrected chi connectivity index (χ2v) is 3.75. The van der Waals surface area contributed by atoms with Gasteiger partial charge in [0.1, 0.15) is 12.4 Å². The summed E-state index contributed by atoms with van der Waals surface area (Å²) in [5.41, 5.74) is 1.17. The summed E-state index contributed by atoms with van der Waals surface area (Å²) < 4.78 is 5.34. The molecule has 1 fully saturated rings. The average molecular weight is 218 g/mol. The third-order valence-corrected chi connectivity index (χ3v) is 2.51. The van der Waals surface area contributed by atoms with Crippen molar-refractivity contribution in [3.05, 3.63) is 35.9 Å². The minimum Gasteiger partial charge on any atom is -0.489 e. The zero-order valence-electron chi connectivity index (χ0n) is 9.41. The quantitative estimate of drug-likeness (QED) is 0.688. The van der Waals surface area contributed by atoms with Crippen LogP contribution < -0.4 is 15.4 Å². The Hall–Kier alpha value is -1.32. The van der Waals surface area contributed by atoms with Gasteiger partial charge in [0.05, 0.1) is 0 Å². The molecule has 2 heterocycles. The Kier molecular flexibility index (Phi) is 4.40. The van der Waals surface area contributed by atoms with E-state index in [2.05, 4.69) is 16.7 Å². The van der Waals surface area contributed by atoms with E-state index in [4.69, 9.17) is 4.74 Å². The number of benzene rings is 1. The molecule has 1 saturated heterocycles. The SMILES string of the molecule is C1=Cc2ccccc2OC1.C1CNCCN1. The lowest BCUT2D eigenvalue weighted by Gasteiger charge is -2.11. The number of para-hydroxylation sites is 1. The Morgan fingerprint density at radius 2 is 1.62 bits per heavy atom.